The van der Waals surface area contributed by atoms with Crippen LogP contribution in [-0.4, -0.2) is 26.2 Å². The molecule has 0 radical (unpaired) electrons. The van der Waals surface area contributed by atoms with Gasteiger partial charge in [0.2, 0.25) is 5.91 Å². The molecule has 168 valence electrons. The zero-order valence-corrected chi connectivity index (χ0v) is 19.3. The van der Waals surface area contributed by atoms with Crippen molar-refractivity contribution in [1.29, 1.82) is 0 Å². The number of amides is 1. The molecular formula is C27H32N2O3. The number of hydrogen-bond acceptors (Lipinski definition) is 4. The van der Waals surface area contributed by atoms with Crippen molar-refractivity contribution in [3.8, 4) is 22.6 Å². The lowest BCUT2D eigenvalue weighted by molar-refractivity contribution is -0.115. The Kier molecular flexibility index (Phi) is 7.54. The standard InChI is InChI=1S/C27H32N2O3/c1-27(2,3)23-11-6-5-10-22(23)20-8-7-9-21(18-20)29-26(30)17-19-12-13-24(32-15-14-28)25(16-19)31-4/h5-13,16,18H,14-15,17,28H2,1-4H3,(H,29,30). The summed E-state index contributed by atoms with van der Waals surface area (Å²) in [6.45, 7) is 7.45. The maximum absolute atomic E-state index is 12.7. The highest BCUT2D eigenvalue weighted by Crippen LogP contribution is 2.34. The van der Waals surface area contributed by atoms with Crippen LogP contribution in [0, 0.1) is 0 Å². The Labute approximate surface area is 190 Å². The first-order valence-electron chi connectivity index (χ1n) is 10.8. The maximum atomic E-state index is 12.7. The van der Waals surface area contributed by atoms with Gasteiger partial charge in [0.05, 0.1) is 13.5 Å². The molecule has 0 aliphatic carbocycles. The first-order valence-corrected chi connectivity index (χ1v) is 10.8. The summed E-state index contributed by atoms with van der Waals surface area (Å²) in [5.74, 6) is 1.11. The van der Waals surface area contributed by atoms with Gasteiger partial charge < -0.3 is 20.5 Å². The molecule has 0 spiro atoms. The van der Waals surface area contributed by atoms with E-state index in [9.17, 15) is 4.79 Å². The average molecular weight is 433 g/mol. The molecule has 5 nitrogen and oxygen atoms in total. The Morgan fingerprint density at radius 3 is 2.47 bits per heavy atom. The van der Waals surface area contributed by atoms with Crippen LogP contribution in [0.1, 0.15) is 31.9 Å². The summed E-state index contributed by atoms with van der Waals surface area (Å²) in [5, 5.41) is 3.02. The summed E-state index contributed by atoms with van der Waals surface area (Å²) in [6, 6.07) is 21.9. The van der Waals surface area contributed by atoms with Crippen molar-refractivity contribution in [3.05, 3.63) is 77.9 Å². The lowest BCUT2D eigenvalue weighted by atomic mass is 9.82. The number of rotatable bonds is 8. The van der Waals surface area contributed by atoms with Crippen LogP contribution in [0.3, 0.4) is 0 Å². The molecule has 0 heterocycles. The molecule has 3 aromatic rings. The maximum Gasteiger partial charge on any atom is 0.228 e. The van der Waals surface area contributed by atoms with Crippen molar-refractivity contribution in [2.24, 2.45) is 5.73 Å². The molecule has 32 heavy (non-hydrogen) atoms. The van der Waals surface area contributed by atoms with Gasteiger partial charge in [0.25, 0.3) is 0 Å². The number of hydrogen-bond donors (Lipinski definition) is 2. The number of nitrogens with one attached hydrogen (secondary N) is 1. The van der Waals surface area contributed by atoms with Gasteiger partial charge in [0.15, 0.2) is 11.5 Å². The Balaban J connectivity index is 1.75. The topological polar surface area (TPSA) is 73.6 Å². The van der Waals surface area contributed by atoms with Crippen LogP contribution in [-0.2, 0) is 16.6 Å². The van der Waals surface area contributed by atoms with E-state index in [1.807, 2.05) is 36.4 Å². The van der Waals surface area contributed by atoms with Crippen LogP contribution in [0.2, 0.25) is 0 Å². The fraction of sp³-hybridized carbons (Fsp3) is 0.296. The van der Waals surface area contributed by atoms with Crippen LogP contribution in [0.4, 0.5) is 5.69 Å². The van der Waals surface area contributed by atoms with E-state index in [0.29, 0.717) is 24.7 Å². The monoisotopic (exact) mass is 432 g/mol. The van der Waals surface area contributed by atoms with E-state index >= 15 is 0 Å². The van der Waals surface area contributed by atoms with Gasteiger partial charge in [0.1, 0.15) is 6.61 Å². The van der Waals surface area contributed by atoms with E-state index < -0.39 is 0 Å². The first kappa shape index (κ1) is 23.4. The second-order valence-corrected chi connectivity index (χ2v) is 8.72. The van der Waals surface area contributed by atoms with E-state index in [2.05, 4.69) is 50.4 Å². The molecule has 1 amide bonds. The fourth-order valence-electron chi connectivity index (χ4n) is 3.65. The molecular weight excluding hydrogens is 400 g/mol. The first-order chi connectivity index (χ1) is 15.3. The van der Waals surface area contributed by atoms with Gasteiger partial charge in [-0.05, 0) is 51.9 Å². The van der Waals surface area contributed by atoms with Crippen molar-refractivity contribution >= 4 is 11.6 Å². The third-order valence-electron chi connectivity index (χ3n) is 5.16. The number of carbonyl (C=O) groups is 1. The Morgan fingerprint density at radius 2 is 1.75 bits per heavy atom. The molecule has 0 fully saturated rings. The van der Waals surface area contributed by atoms with Crippen molar-refractivity contribution < 1.29 is 14.3 Å². The number of carbonyl (C=O) groups excluding carboxylic acids is 1. The summed E-state index contributed by atoms with van der Waals surface area (Å²) >= 11 is 0. The third-order valence-corrected chi connectivity index (χ3v) is 5.16. The zero-order chi connectivity index (χ0) is 23.1. The Bertz CT molecular complexity index is 1070. The van der Waals surface area contributed by atoms with Gasteiger partial charge in [0, 0.05) is 12.2 Å². The van der Waals surface area contributed by atoms with E-state index in [4.69, 9.17) is 15.2 Å². The summed E-state index contributed by atoms with van der Waals surface area (Å²) in [7, 11) is 1.58. The van der Waals surface area contributed by atoms with Crippen molar-refractivity contribution in [3.63, 3.8) is 0 Å². The molecule has 5 heteroatoms. The van der Waals surface area contributed by atoms with Gasteiger partial charge in [-0.3, -0.25) is 4.79 Å². The smallest absolute Gasteiger partial charge is 0.228 e. The predicted octanol–water partition coefficient (Wildman–Crippen LogP) is 5.18. The van der Waals surface area contributed by atoms with Gasteiger partial charge in [-0.1, -0.05) is 63.2 Å². The molecule has 0 saturated heterocycles. The summed E-state index contributed by atoms with van der Waals surface area (Å²) in [5.41, 5.74) is 10.7. The van der Waals surface area contributed by atoms with Crippen molar-refractivity contribution in [2.45, 2.75) is 32.6 Å². The van der Waals surface area contributed by atoms with Crippen LogP contribution >= 0.6 is 0 Å². The largest absolute Gasteiger partial charge is 0.493 e. The molecule has 3 N–H and O–H groups in total. The molecule has 3 rings (SSSR count). The quantitative estimate of drug-likeness (QED) is 0.514. The normalized spacial score (nSPS) is 11.2. The molecule has 0 aliphatic heterocycles. The summed E-state index contributed by atoms with van der Waals surface area (Å²) in [6.07, 6.45) is 0.232. The second-order valence-electron chi connectivity index (χ2n) is 8.72. The van der Waals surface area contributed by atoms with Crippen molar-refractivity contribution in [2.75, 3.05) is 25.6 Å². The van der Waals surface area contributed by atoms with E-state index in [1.165, 1.54) is 11.1 Å². The van der Waals surface area contributed by atoms with Crippen molar-refractivity contribution in [1.82, 2.24) is 0 Å². The number of anilines is 1. The Morgan fingerprint density at radius 1 is 0.969 bits per heavy atom. The molecule has 0 aromatic heterocycles. The van der Waals surface area contributed by atoms with Crippen LogP contribution in [0.15, 0.2) is 66.7 Å². The number of methoxy groups -OCH3 is 1. The summed E-state index contributed by atoms with van der Waals surface area (Å²) in [4.78, 5) is 12.7. The van der Waals surface area contributed by atoms with Gasteiger partial charge >= 0.3 is 0 Å². The third kappa shape index (κ3) is 5.89. The van der Waals surface area contributed by atoms with Gasteiger partial charge in [-0.25, -0.2) is 0 Å². The predicted molar refractivity (Wildman–Crippen MR) is 130 cm³/mol. The number of nitrogens with two attached hydrogens (primary N) is 1. The minimum atomic E-state index is -0.0936. The van der Waals surface area contributed by atoms with Gasteiger partial charge in [-0.15, -0.1) is 0 Å². The van der Waals surface area contributed by atoms with E-state index in [1.54, 1.807) is 13.2 Å². The highest BCUT2D eigenvalue weighted by atomic mass is 16.5. The van der Waals surface area contributed by atoms with Crippen LogP contribution in [0.25, 0.3) is 11.1 Å². The molecule has 0 aliphatic rings. The molecule has 0 bridgehead atoms. The minimum Gasteiger partial charge on any atom is -0.493 e. The summed E-state index contributed by atoms with van der Waals surface area (Å²) < 4.78 is 11.0. The van der Waals surface area contributed by atoms with Crippen LogP contribution < -0.4 is 20.5 Å². The van der Waals surface area contributed by atoms with Gasteiger partial charge in [-0.2, -0.15) is 0 Å². The fourth-order valence-corrected chi connectivity index (χ4v) is 3.65. The molecule has 0 atom stereocenters. The Hall–Kier alpha value is -3.31. The minimum absolute atomic E-state index is 0.0228. The molecule has 0 unspecified atom stereocenters. The lowest BCUT2D eigenvalue weighted by Gasteiger charge is -2.23. The molecule has 0 saturated carbocycles. The number of ether oxygens (including phenoxy) is 2. The highest BCUT2D eigenvalue weighted by Gasteiger charge is 2.18. The van der Waals surface area contributed by atoms with E-state index in [-0.39, 0.29) is 17.7 Å². The lowest BCUT2D eigenvalue weighted by Crippen LogP contribution is -2.15. The number of benzene rings is 3. The zero-order valence-electron chi connectivity index (χ0n) is 19.3. The average Bonchev–Trinajstić information content (AvgIpc) is 2.77. The van der Waals surface area contributed by atoms with E-state index in [0.717, 1.165) is 16.8 Å². The highest BCUT2D eigenvalue weighted by molar-refractivity contribution is 5.93. The second kappa shape index (κ2) is 10.3. The SMILES string of the molecule is COc1cc(CC(=O)Nc2cccc(-c3ccccc3C(C)(C)C)c2)ccc1OCCN. The molecule has 3 aromatic carbocycles. The van der Waals surface area contributed by atoms with Crippen LogP contribution in [0.5, 0.6) is 11.5 Å².